The second-order valence-corrected chi connectivity index (χ2v) is 9.61. The van der Waals surface area contributed by atoms with Gasteiger partial charge in [0.05, 0.1) is 23.2 Å². The van der Waals surface area contributed by atoms with E-state index >= 15 is 0 Å². The molecule has 3 N–H and O–H groups in total. The molecule has 186 valence electrons. The minimum atomic E-state index is -1.15. The van der Waals surface area contributed by atoms with Gasteiger partial charge in [-0.2, -0.15) is 0 Å². The Labute approximate surface area is 204 Å². The maximum atomic E-state index is 14.4. The molecule has 0 unspecified atom stereocenters. The third-order valence-electron chi connectivity index (χ3n) is 5.49. The molecule has 2 heterocycles. The molecule has 0 fully saturated rings. The van der Waals surface area contributed by atoms with Crippen LogP contribution >= 0.6 is 0 Å². The third-order valence-corrected chi connectivity index (χ3v) is 5.49. The van der Waals surface area contributed by atoms with Crippen molar-refractivity contribution in [3.63, 3.8) is 0 Å². The van der Waals surface area contributed by atoms with Crippen molar-refractivity contribution >= 4 is 11.7 Å². The van der Waals surface area contributed by atoms with E-state index in [1.165, 1.54) is 25.3 Å². The van der Waals surface area contributed by atoms with Crippen LogP contribution in [0.25, 0.3) is 11.3 Å². The van der Waals surface area contributed by atoms with Crippen molar-refractivity contribution < 1.29 is 18.7 Å². The van der Waals surface area contributed by atoms with Gasteiger partial charge in [-0.05, 0) is 63.6 Å². The normalized spacial score (nSPS) is 14.1. The summed E-state index contributed by atoms with van der Waals surface area (Å²) in [6, 6.07) is 13.2. The number of hydrogen-bond acceptors (Lipinski definition) is 6. The van der Waals surface area contributed by atoms with E-state index in [2.05, 4.69) is 25.8 Å². The number of aliphatic hydroxyl groups is 1. The van der Waals surface area contributed by atoms with Crippen LogP contribution in [0.2, 0.25) is 0 Å². The summed E-state index contributed by atoms with van der Waals surface area (Å²) in [7, 11) is 0. The maximum Gasteiger partial charge on any atom is 0.251 e. The van der Waals surface area contributed by atoms with E-state index in [9.17, 15) is 18.7 Å². The maximum absolute atomic E-state index is 14.4. The third kappa shape index (κ3) is 7.26. The molecule has 3 aromatic rings. The number of anilines is 1. The molecule has 0 aliphatic rings. The Hall–Kier alpha value is -3.46. The van der Waals surface area contributed by atoms with Crippen molar-refractivity contribution in [2.45, 2.75) is 51.3 Å². The number of aromatic nitrogens is 3. The standard InChI is InChI=1S/C26H31F2N5O2/c1-17(27)14-26(4,23-20(28)9-6-12-29-23)16-30-22-11-10-21(32-33-22)18-7-5-8-19(13-18)24(34)31-15-25(2,3)35/h5-13,17,35H,14-16H2,1-4H3,(H,30,33)(H,31,34)/t17-,26-/m0/s1. The molecule has 0 spiro atoms. The van der Waals surface area contributed by atoms with Crippen LogP contribution in [-0.4, -0.2) is 51.1 Å². The van der Waals surface area contributed by atoms with Crippen LogP contribution in [0, 0.1) is 5.82 Å². The van der Waals surface area contributed by atoms with E-state index in [0.717, 1.165) is 0 Å². The lowest BCUT2D eigenvalue weighted by atomic mass is 9.81. The first-order valence-corrected chi connectivity index (χ1v) is 11.4. The van der Waals surface area contributed by atoms with E-state index in [4.69, 9.17) is 0 Å². The SMILES string of the molecule is C[C@H](F)C[C@@](C)(CNc1ccc(-c2cccc(C(=O)NCC(C)(C)O)c2)nn1)c1ncccc1F. The van der Waals surface area contributed by atoms with E-state index in [1.54, 1.807) is 51.1 Å². The lowest BCUT2D eigenvalue weighted by Gasteiger charge is -2.30. The molecule has 2 aromatic heterocycles. The number of alkyl halides is 1. The van der Waals surface area contributed by atoms with Gasteiger partial charge in [-0.1, -0.05) is 19.1 Å². The summed E-state index contributed by atoms with van der Waals surface area (Å²) in [6.45, 7) is 6.76. The summed E-state index contributed by atoms with van der Waals surface area (Å²) in [5.41, 5.74) is -0.0202. The molecule has 7 nitrogen and oxygen atoms in total. The number of nitrogens with zero attached hydrogens (tertiary/aromatic N) is 3. The van der Waals surface area contributed by atoms with Crippen molar-refractivity contribution in [2.24, 2.45) is 0 Å². The van der Waals surface area contributed by atoms with Crippen LogP contribution in [0.1, 0.15) is 50.2 Å². The summed E-state index contributed by atoms with van der Waals surface area (Å²) in [5, 5.41) is 24.1. The quantitative estimate of drug-likeness (QED) is 0.398. The van der Waals surface area contributed by atoms with Gasteiger partial charge in [0.15, 0.2) is 0 Å². The van der Waals surface area contributed by atoms with E-state index < -0.39 is 23.0 Å². The van der Waals surface area contributed by atoms with Gasteiger partial charge < -0.3 is 15.7 Å². The van der Waals surface area contributed by atoms with Gasteiger partial charge in [-0.3, -0.25) is 9.78 Å². The van der Waals surface area contributed by atoms with Gasteiger partial charge in [0.25, 0.3) is 5.91 Å². The van der Waals surface area contributed by atoms with Crippen molar-refractivity contribution in [1.82, 2.24) is 20.5 Å². The smallest absolute Gasteiger partial charge is 0.251 e. The molecule has 0 aliphatic carbocycles. The van der Waals surface area contributed by atoms with Gasteiger partial charge in [-0.15, -0.1) is 10.2 Å². The van der Waals surface area contributed by atoms with Crippen LogP contribution in [0.15, 0.2) is 54.7 Å². The van der Waals surface area contributed by atoms with Crippen molar-refractivity contribution in [3.05, 3.63) is 71.8 Å². The molecule has 9 heteroatoms. The highest BCUT2D eigenvalue weighted by Crippen LogP contribution is 2.31. The molecule has 2 atom stereocenters. The molecule has 0 radical (unpaired) electrons. The number of carbonyl (C=O) groups excluding carboxylic acids is 1. The molecule has 0 aliphatic heterocycles. The molecular formula is C26H31F2N5O2. The second kappa shape index (κ2) is 10.9. The van der Waals surface area contributed by atoms with Gasteiger partial charge in [0.2, 0.25) is 0 Å². The Kier molecular flexibility index (Phi) is 8.11. The molecule has 3 rings (SSSR count). The van der Waals surface area contributed by atoms with E-state index in [1.807, 2.05) is 6.07 Å². The Morgan fingerprint density at radius 2 is 1.86 bits per heavy atom. The fraction of sp³-hybridized carbons (Fsp3) is 0.385. The largest absolute Gasteiger partial charge is 0.389 e. The lowest BCUT2D eigenvalue weighted by Crippen LogP contribution is -2.38. The first-order chi connectivity index (χ1) is 16.5. The second-order valence-electron chi connectivity index (χ2n) is 9.61. The Bertz CT molecular complexity index is 1150. The monoisotopic (exact) mass is 483 g/mol. The fourth-order valence-electron chi connectivity index (χ4n) is 3.79. The molecule has 0 saturated carbocycles. The Balaban J connectivity index is 1.72. The summed E-state index contributed by atoms with van der Waals surface area (Å²) in [4.78, 5) is 16.6. The number of nitrogens with one attached hydrogen (secondary N) is 2. The molecular weight excluding hydrogens is 452 g/mol. The zero-order valence-corrected chi connectivity index (χ0v) is 20.3. The molecule has 35 heavy (non-hydrogen) atoms. The number of pyridine rings is 1. The number of amides is 1. The fourth-order valence-corrected chi connectivity index (χ4v) is 3.79. The zero-order valence-electron chi connectivity index (χ0n) is 20.3. The van der Waals surface area contributed by atoms with Gasteiger partial charge in [-0.25, -0.2) is 8.78 Å². The van der Waals surface area contributed by atoms with Crippen molar-refractivity contribution in [3.8, 4) is 11.3 Å². The van der Waals surface area contributed by atoms with Crippen LogP contribution in [0.5, 0.6) is 0 Å². The topological polar surface area (TPSA) is 100 Å². The van der Waals surface area contributed by atoms with Gasteiger partial charge in [0.1, 0.15) is 11.6 Å². The first-order valence-electron chi connectivity index (χ1n) is 11.4. The number of hydrogen-bond donors (Lipinski definition) is 3. The van der Waals surface area contributed by atoms with E-state index in [-0.39, 0.29) is 31.1 Å². The number of benzene rings is 1. The molecule has 0 saturated heterocycles. The summed E-state index contributed by atoms with van der Waals surface area (Å²) < 4.78 is 28.3. The summed E-state index contributed by atoms with van der Waals surface area (Å²) in [6.07, 6.45) is 0.430. The van der Waals surface area contributed by atoms with Gasteiger partial charge >= 0.3 is 0 Å². The van der Waals surface area contributed by atoms with E-state index in [0.29, 0.717) is 22.6 Å². The summed E-state index contributed by atoms with van der Waals surface area (Å²) in [5.74, 6) is -0.337. The van der Waals surface area contributed by atoms with Crippen molar-refractivity contribution in [1.29, 1.82) is 0 Å². The zero-order chi connectivity index (χ0) is 25.6. The Morgan fingerprint density at radius 3 is 2.49 bits per heavy atom. The highest BCUT2D eigenvalue weighted by atomic mass is 19.1. The predicted octanol–water partition coefficient (Wildman–Crippen LogP) is 4.30. The number of halogens is 2. The average Bonchev–Trinajstić information content (AvgIpc) is 2.81. The van der Waals surface area contributed by atoms with Crippen molar-refractivity contribution in [2.75, 3.05) is 18.4 Å². The minimum Gasteiger partial charge on any atom is -0.389 e. The van der Waals surface area contributed by atoms with Crippen LogP contribution in [0.4, 0.5) is 14.6 Å². The molecule has 1 amide bonds. The highest BCUT2D eigenvalue weighted by Gasteiger charge is 2.33. The van der Waals surface area contributed by atoms with Gasteiger partial charge in [0, 0.05) is 35.8 Å². The number of carbonyl (C=O) groups is 1. The highest BCUT2D eigenvalue weighted by molar-refractivity contribution is 5.95. The van der Waals surface area contributed by atoms with Crippen LogP contribution in [-0.2, 0) is 5.41 Å². The minimum absolute atomic E-state index is 0.0851. The summed E-state index contributed by atoms with van der Waals surface area (Å²) >= 11 is 0. The predicted molar refractivity (Wildman–Crippen MR) is 131 cm³/mol. The first kappa shape index (κ1) is 26.2. The Morgan fingerprint density at radius 1 is 1.09 bits per heavy atom. The molecule has 1 aromatic carbocycles. The average molecular weight is 484 g/mol. The van der Waals surface area contributed by atoms with Crippen LogP contribution < -0.4 is 10.6 Å². The number of rotatable bonds is 10. The lowest BCUT2D eigenvalue weighted by molar-refractivity contribution is 0.0694. The van der Waals surface area contributed by atoms with Crippen LogP contribution in [0.3, 0.4) is 0 Å². The molecule has 0 bridgehead atoms.